The molecule has 0 radical (unpaired) electrons. The van der Waals surface area contributed by atoms with Crippen molar-refractivity contribution in [3.05, 3.63) is 12.2 Å². The summed E-state index contributed by atoms with van der Waals surface area (Å²) in [6.45, 7) is 21.5. The highest BCUT2D eigenvalue weighted by molar-refractivity contribution is 5.90. The molecule has 202 valence electrons. The maximum atomic E-state index is 11.9. The van der Waals surface area contributed by atoms with Crippen LogP contribution in [0.4, 0.5) is 0 Å². The van der Waals surface area contributed by atoms with E-state index in [1.807, 2.05) is 0 Å². The Balaban J connectivity index is 1.53. The van der Waals surface area contributed by atoms with E-state index in [1.54, 1.807) is 6.92 Å². The zero-order valence-corrected chi connectivity index (χ0v) is 24.1. The lowest BCUT2D eigenvalue weighted by molar-refractivity contribution is -0.231. The molecule has 5 rings (SSSR count). The van der Waals surface area contributed by atoms with Crippen molar-refractivity contribution in [1.82, 2.24) is 0 Å². The Bertz CT molecular complexity index is 968. The van der Waals surface area contributed by atoms with E-state index < -0.39 is 0 Å². The maximum Gasteiger partial charge on any atom is 0.302 e. The minimum absolute atomic E-state index is 0.0386. The van der Waals surface area contributed by atoms with Crippen LogP contribution in [0, 0.1) is 56.7 Å². The first kappa shape index (κ1) is 26.3. The normalized spacial score (nSPS) is 50.4. The van der Waals surface area contributed by atoms with Gasteiger partial charge < -0.3 is 9.94 Å². The van der Waals surface area contributed by atoms with E-state index in [0.29, 0.717) is 47.0 Å². The molecule has 5 saturated carbocycles. The summed E-state index contributed by atoms with van der Waals surface area (Å²) in [6.07, 6.45) is 12.0. The van der Waals surface area contributed by atoms with E-state index in [4.69, 9.17) is 4.74 Å². The molecule has 36 heavy (non-hydrogen) atoms. The number of hydrogen-bond acceptors (Lipinski definition) is 4. The van der Waals surface area contributed by atoms with Gasteiger partial charge in [0.25, 0.3) is 0 Å². The molecule has 5 aliphatic rings. The Morgan fingerprint density at radius 1 is 0.944 bits per heavy atom. The number of carbonyl (C=O) groups excluding carboxylic acids is 1. The van der Waals surface area contributed by atoms with Crippen LogP contribution in [-0.4, -0.2) is 23.5 Å². The average Bonchev–Trinajstić information content (AvgIpc) is 3.18. The first-order valence-electron chi connectivity index (χ1n) is 14.8. The summed E-state index contributed by atoms with van der Waals surface area (Å²) in [5, 5.41) is 13.6. The Kier molecular flexibility index (Phi) is 6.09. The Hall–Kier alpha value is -1.32. The molecule has 0 spiro atoms. The van der Waals surface area contributed by atoms with Crippen LogP contribution in [0.3, 0.4) is 0 Å². The van der Waals surface area contributed by atoms with Crippen molar-refractivity contribution in [2.24, 2.45) is 61.8 Å². The first-order chi connectivity index (χ1) is 16.8. The first-order valence-corrected chi connectivity index (χ1v) is 14.8. The Morgan fingerprint density at radius 2 is 1.67 bits per heavy atom. The van der Waals surface area contributed by atoms with Gasteiger partial charge in [0.2, 0.25) is 0 Å². The molecule has 0 aliphatic heterocycles. The highest BCUT2D eigenvalue weighted by Crippen LogP contribution is 2.77. The fourth-order valence-electron chi connectivity index (χ4n) is 11.8. The third-order valence-corrected chi connectivity index (χ3v) is 13.7. The van der Waals surface area contributed by atoms with Crippen LogP contribution in [0.1, 0.15) is 113 Å². The predicted octanol–water partition coefficient (Wildman–Crippen LogP) is 8.04. The summed E-state index contributed by atoms with van der Waals surface area (Å²) < 4.78 is 5.79. The summed E-state index contributed by atoms with van der Waals surface area (Å²) in [5.74, 6) is 2.93. The zero-order chi connectivity index (χ0) is 26.3. The summed E-state index contributed by atoms with van der Waals surface area (Å²) in [5.41, 5.74) is 3.32. The van der Waals surface area contributed by atoms with Crippen molar-refractivity contribution >= 4 is 11.7 Å². The maximum absolute atomic E-state index is 11.9. The van der Waals surface area contributed by atoms with Crippen LogP contribution in [-0.2, 0) is 9.53 Å². The van der Waals surface area contributed by atoms with Crippen LogP contribution in [0.25, 0.3) is 0 Å². The van der Waals surface area contributed by atoms with Gasteiger partial charge in [-0.05, 0) is 117 Å². The number of carbonyl (C=O) groups is 1. The molecule has 1 N–H and O–H groups in total. The molecule has 0 aromatic carbocycles. The lowest BCUT2D eigenvalue weighted by Gasteiger charge is -2.72. The lowest BCUT2D eigenvalue weighted by Crippen LogP contribution is -2.66. The zero-order valence-electron chi connectivity index (χ0n) is 24.1. The van der Waals surface area contributed by atoms with Crippen molar-refractivity contribution in [3.63, 3.8) is 0 Å². The molecule has 4 heteroatoms. The van der Waals surface area contributed by atoms with Gasteiger partial charge in [-0.25, -0.2) is 0 Å². The second-order valence-corrected chi connectivity index (χ2v) is 15.1. The number of ether oxygens (including phenoxy) is 1. The van der Waals surface area contributed by atoms with Gasteiger partial charge in [-0.2, -0.15) is 0 Å². The van der Waals surface area contributed by atoms with Gasteiger partial charge in [-0.3, -0.25) is 4.79 Å². The van der Waals surface area contributed by atoms with E-state index >= 15 is 0 Å². The number of esters is 1. The average molecular weight is 498 g/mol. The Morgan fingerprint density at radius 3 is 2.31 bits per heavy atom. The quantitative estimate of drug-likeness (QED) is 0.186. The monoisotopic (exact) mass is 497 g/mol. The third-order valence-electron chi connectivity index (χ3n) is 13.7. The SMILES string of the molecule is C=C(C)[C@@H]1CCC2(COC(C)=O)CC[C@]3(C)C(CCC4[C@@]5(C)CCC(=NO)C(C)(C)C5CC[C@]43C)C12. The number of nitrogens with zero attached hydrogens (tertiary/aromatic N) is 1. The number of hydrogen-bond donors (Lipinski definition) is 1. The molecule has 5 unspecified atom stereocenters. The number of fused-ring (bicyclic) bond motifs is 7. The minimum atomic E-state index is -0.136. The fraction of sp³-hybridized carbons (Fsp3) is 0.875. The molecule has 0 bridgehead atoms. The van der Waals surface area contributed by atoms with Crippen molar-refractivity contribution in [2.45, 2.75) is 113 Å². The van der Waals surface area contributed by atoms with Crippen molar-refractivity contribution < 1.29 is 14.7 Å². The number of rotatable bonds is 3. The second kappa shape index (κ2) is 8.34. The van der Waals surface area contributed by atoms with Gasteiger partial charge >= 0.3 is 5.97 Å². The fourth-order valence-corrected chi connectivity index (χ4v) is 11.8. The van der Waals surface area contributed by atoms with Gasteiger partial charge in [-0.15, -0.1) is 0 Å². The molecular weight excluding hydrogens is 446 g/mol. The van der Waals surface area contributed by atoms with E-state index in [2.05, 4.69) is 53.3 Å². The Labute approximate surface area is 219 Å². The van der Waals surface area contributed by atoms with Crippen molar-refractivity contribution in [1.29, 1.82) is 0 Å². The standard InChI is InChI=1S/C32H51NO3/c1-20(2)22-11-16-32(19-36-21(3)34)18-17-30(7)23(27(22)32)9-10-25-29(6)14-13-26(33-35)28(4,5)24(29)12-15-31(25,30)8/h22-25,27,35H,1,9-19H2,2-8H3/t22-,23?,24?,25?,27?,29-,30+,31+,32?/m0/s1. The molecule has 0 saturated heterocycles. The van der Waals surface area contributed by atoms with Crippen LogP contribution in [0.5, 0.6) is 0 Å². The molecule has 0 heterocycles. The molecule has 0 aromatic rings. The van der Waals surface area contributed by atoms with Crippen molar-refractivity contribution in [2.75, 3.05) is 6.61 Å². The molecule has 5 fully saturated rings. The van der Waals surface area contributed by atoms with Crippen LogP contribution in [0.2, 0.25) is 0 Å². The van der Waals surface area contributed by atoms with Crippen LogP contribution < -0.4 is 0 Å². The van der Waals surface area contributed by atoms with E-state index in [9.17, 15) is 10.0 Å². The molecular formula is C32H51NO3. The summed E-state index contributed by atoms with van der Waals surface area (Å²) >= 11 is 0. The highest BCUT2D eigenvalue weighted by Gasteiger charge is 2.70. The number of allylic oxidation sites excluding steroid dienone is 1. The lowest BCUT2D eigenvalue weighted by atomic mass is 9.32. The highest BCUT2D eigenvalue weighted by atomic mass is 16.5. The van der Waals surface area contributed by atoms with E-state index in [-0.39, 0.29) is 22.2 Å². The van der Waals surface area contributed by atoms with E-state index in [1.165, 1.54) is 56.9 Å². The summed E-state index contributed by atoms with van der Waals surface area (Å²) in [6, 6.07) is 0. The molecule has 0 amide bonds. The largest absolute Gasteiger partial charge is 0.465 e. The van der Waals surface area contributed by atoms with Gasteiger partial charge in [0.1, 0.15) is 0 Å². The summed E-state index contributed by atoms with van der Waals surface area (Å²) in [4.78, 5) is 11.9. The molecule has 9 atom stereocenters. The molecule has 5 aliphatic carbocycles. The van der Waals surface area contributed by atoms with E-state index in [0.717, 1.165) is 18.6 Å². The van der Waals surface area contributed by atoms with Crippen molar-refractivity contribution in [3.8, 4) is 0 Å². The topological polar surface area (TPSA) is 58.9 Å². The predicted molar refractivity (Wildman–Crippen MR) is 145 cm³/mol. The smallest absolute Gasteiger partial charge is 0.302 e. The number of oxime groups is 1. The summed E-state index contributed by atoms with van der Waals surface area (Å²) in [7, 11) is 0. The van der Waals surface area contributed by atoms with Gasteiger partial charge in [0.15, 0.2) is 0 Å². The third kappa shape index (κ3) is 3.30. The molecule has 0 aromatic heterocycles. The second-order valence-electron chi connectivity index (χ2n) is 15.1. The van der Waals surface area contributed by atoms with Gasteiger partial charge in [-0.1, -0.05) is 51.9 Å². The minimum Gasteiger partial charge on any atom is -0.465 e. The van der Waals surface area contributed by atoms with Gasteiger partial charge in [0.05, 0.1) is 12.3 Å². The van der Waals surface area contributed by atoms with Crippen LogP contribution in [0.15, 0.2) is 17.3 Å². The van der Waals surface area contributed by atoms with Gasteiger partial charge in [0, 0.05) is 17.8 Å². The molecule has 4 nitrogen and oxygen atoms in total. The van der Waals surface area contributed by atoms with Crippen LogP contribution >= 0.6 is 0 Å².